The predicted molar refractivity (Wildman–Crippen MR) is 81.2 cm³/mol. The zero-order chi connectivity index (χ0) is 16.4. The molecule has 0 radical (unpaired) electrons. The van der Waals surface area contributed by atoms with Crippen LogP contribution in [0.3, 0.4) is 0 Å². The lowest BCUT2D eigenvalue weighted by atomic mass is 10.1. The fourth-order valence-corrected chi connectivity index (χ4v) is 1.58. The molecule has 0 saturated carbocycles. The minimum atomic E-state index is -0.787. The average molecular weight is 305 g/mol. The van der Waals surface area contributed by atoms with Gasteiger partial charge in [0, 0.05) is 17.8 Å². The van der Waals surface area contributed by atoms with Gasteiger partial charge in [-0.15, -0.1) is 0 Å². The molecule has 0 aliphatic carbocycles. The summed E-state index contributed by atoms with van der Waals surface area (Å²) >= 11 is 0. The Morgan fingerprint density at radius 1 is 1.09 bits per heavy atom. The van der Waals surface area contributed by atoms with Gasteiger partial charge in [0.15, 0.2) is 6.61 Å². The van der Waals surface area contributed by atoms with E-state index in [0.717, 1.165) is 24.1 Å². The zero-order valence-electron chi connectivity index (χ0n) is 12.6. The summed E-state index contributed by atoms with van der Waals surface area (Å²) in [5.41, 5.74) is 1.73. The number of carbonyl (C=O) groups excluding carboxylic acids is 3. The summed E-state index contributed by atoms with van der Waals surface area (Å²) in [7, 11) is 0. The Kier molecular flexibility index (Phi) is 7.39. The summed E-state index contributed by atoms with van der Waals surface area (Å²) in [4.78, 5) is 34.0. The molecule has 22 heavy (non-hydrogen) atoms. The molecule has 0 aromatic heterocycles. The number of anilines is 1. The number of hydrogen-bond acceptors (Lipinski definition) is 5. The van der Waals surface area contributed by atoms with E-state index >= 15 is 0 Å². The van der Waals surface area contributed by atoms with Crippen molar-refractivity contribution in [2.45, 2.75) is 20.3 Å². The van der Waals surface area contributed by atoms with Gasteiger partial charge in [-0.2, -0.15) is 0 Å². The largest absolute Gasteiger partial charge is 0.463 e. The average Bonchev–Trinajstić information content (AvgIpc) is 2.51. The van der Waals surface area contributed by atoms with E-state index in [4.69, 9.17) is 4.74 Å². The SMILES string of the molecule is CCOC(=O)/C=C/C(=O)OCC(=O)Nc1cccc(CC)c1. The van der Waals surface area contributed by atoms with E-state index < -0.39 is 24.5 Å². The van der Waals surface area contributed by atoms with Gasteiger partial charge in [-0.05, 0) is 31.0 Å². The molecule has 118 valence electrons. The summed E-state index contributed by atoms with van der Waals surface area (Å²) in [6.07, 6.45) is 2.73. The molecule has 0 fully saturated rings. The Hall–Kier alpha value is -2.63. The number of amides is 1. The maximum absolute atomic E-state index is 11.7. The summed E-state index contributed by atoms with van der Waals surface area (Å²) in [5, 5.41) is 2.63. The van der Waals surface area contributed by atoms with Crippen molar-refractivity contribution >= 4 is 23.5 Å². The molecular formula is C16H19NO5. The molecule has 1 aromatic rings. The van der Waals surface area contributed by atoms with Crippen LogP contribution in [-0.4, -0.2) is 31.1 Å². The Morgan fingerprint density at radius 3 is 2.41 bits per heavy atom. The second-order valence-electron chi connectivity index (χ2n) is 4.30. The highest BCUT2D eigenvalue weighted by Crippen LogP contribution is 2.10. The maximum Gasteiger partial charge on any atom is 0.331 e. The van der Waals surface area contributed by atoms with Gasteiger partial charge >= 0.3 is 11.9 Å². The Balaban J connectivity index is 2.39. The van der Waals surface area contributed by atoms with Gasteiger partial charge in [0.1, 0.15) is 0 Å². The fraction of sp³-hybridized carbons (Fsp3) is 0.312. The molecule has 1 N–H and O–H groups in total. The number of carbonyl (C=O) groups is 3. The summed E-state index contributed by atoms with van der Waals surface area (Å²) in [5.74, 6) is -1.88. The predicted octanol–water partition coefficient (Wildman–Crippen LogP) is 1.85. The third kappa shape index (κ3) is 6.69. The number of aryl methyl sites for hydroxylation is 1. The van der Waals surface area contributed by atoms with Gasteiger partial charge < -0.3 is 14.8 Å². The molecule has 0 unspecified atom stereocenters. The zero-order valence-corrected chi connectivity index (χ0v) is 12.6. The molecule has 6 nitrogen and oxygen atoms in total. The minimum Gasteiger partial charge on any atom is -0.463 e. The van der Waals surface area contributed by atoms with E-state index in [-0.39, 0.29) is 6.61 Å². The van der Waals surface area contributed by atoms with Crippen LogP contribution in [0.25, 0.3) is 0 Å². The Labute approximate surface area is 129 Å². The maximum atomic E-state index is 11.7. The molecule has 0 bridgehead atoms. The van der Waals surface area contributed by atoms with Crippen LogP contribution in [0.15, 0.2) is 36.4 Å². The van der Waals surface area contributed by atoms with Crippen LogP contribution in [0, 0.1) is 0 Å². The van der Waals surface area contributed by atoms with E-state index in [1.54, 1.807) is 13.0 Å². The van der Waals surface area contributed by atoms with Crippen molar-refractivity contribution in [3.05, 3.63) is 42.0 Å². The van der Waals surface area contributed by atoms with E-state index in [1.165, 1.54) is 0 Å². The van der Waals surface area contributed by atoms with Gasteiger partial charge in [0.2, 0.25) is 0 Å². The summed E-state index contributed by atoms with van der Waals surface area (Å²) in [6, 6.07) is 7.39. The fourth-order valence-electron chi connectivity index (χ4n) is 1.58. The van der Waals surface area contributed by atoms with Gasteiger partial charge in [-0.25, -0.2) is 9.59 Å². The minimum absolute atomic E-state index is 0.220. The highest BCUT2D eigenvalue weighted by atomic mass is 16.5. The van der Waals surface area contributed by atoms with Crippen LogP contribution < -0.4 is 5.32 Å². The lowest BCUT2D eigenvalue weighted by Crippen LogP contribution is -2.20. The molecule has 1 aromatic carbocycles. The van der Waals surface area contributed by atoms with Crippen LogP contribution in [0.4, 0.5) is 5.69 Å². The third-order valence-corrected chi connectivity index (χ3v) is 2.61. The standard InChI is InChI=1S/C16H19NO5/c1-3-12-6-5-7-13(10-12)17-14(18)11-22-16(20)9-8-15(19)21-4-2/h5-10H,3-4,11H2,1-2H3,(H,17,18)/b9-8+. The Bertz CT molecular complexity index is 565. The first-order chi connectivity index (χ1) is 10.5. The summed E-state index contributed by atoms with van der Waals surface area (Å²) in [6.45, 7) is 3.46. The van der Waals surface area contributed by atoms with E-state index in [9.17, 15) is 14.4 Å². The number of benzene rings is 1. The summed E-state index contributed by atoms with van der Waals surface area (Å²) < 4.78 is 9.32. The van der Waals surface area contributed by atoms with E-state index in [2.05, 4.69) is 10.1 Å². The highest BCUT2D eigenvalue weighted by molar-refractivity contribution is 5.95. The molecular weight excluding hydrogens is 286 g/mol. The van der Waals surface area contributed by atoms with E-state index in [1.807, 2.05) is 25.1 Å². The van der Waals surface area contributed by atoms with Crippen molar-refractivity contribution in [2.24, 2.45) is 0 Å². The lowest BCUT2D eigenvalue weighted by molar-refractivity contribution is -0.143. The molecule has 1 amide bonds. The number of rotatable bonds is 7. The molecule has 0 spiro atoms. The molecule has 0 atom stereocenters. The molecule has 0 heterocycles. The molecule has 0 aliphatic rings. The highest BCUT2D eigenvalue weighted by Gasteiger charge is 2.06. The van der Waals surface area contributed by atoms with Crippen molar-refractivity contribution in [3.63, 3.8) is 0 Å². The topological polar surface area (TPSA) is 81.7 Å². The monoisotopic (exact) mass is 305 g/mol. The third-order valence-electron chi connectivity index (χ3n) is 2.61. The quantitative estimate of drug-likeness (QED) is 0.614. The van der Waals surface area contributed by atoms with E-state index in [0.29, 0.717) is 5.69 Å². The van der Waals surface area contributed by atoms with Crippen molar-refractivity contribution in [1.82, 2.24) is 0 Å². The van der Waals surface area contributed by atoms with Gasteiger partial charge in [0.25, 0.3) is 5.91 Å². The number of esters is 2. The van der Waals surface area contributed by atoms with Crippen molar-refractivity contribution in [3.8, 4) is 0 Å². The van der Waals surface area contributed by atoms with Crippen LogP contribution in [0.2, 0.25) is 0 Å². The normalized spacial score (nSPS) is 10.3. The first-order valence-electron chi connectivity index (χ1n) is 6.95. The van der Waals surface area contributed by atoms with Crippen molar-refractivity contribution in [2.75, 3.05) is 18.5 Å². The molecule has 0 aliphatic heterocycles. The van der Waals surface area contributed by atoms with Crippen LogP contribution in [0.5, 0.6) is 0 Å². The van der Waals surface area contributed by atoms with Crippen molar-refractivity contribution in [1.29, 1.82) is 0 Å². The van der Waals surface area contributed by atoms with Crippen LogP contribution in [-0.2, 0) is 30.3 Å². The van der Waals surface area contributed by atoms with Gasteiger partial charge in [-0.1, -0.05) is 19.1 Å². The number of hydrogen-bond donors (Lipinski definition) is 1. The first kappa shape index (κ1) is 17.4. The molecule has 6 heteroatoms. The molecule has 0 saturated heterocycles. The number of nitrogens with one attached hydrogen (secondary N) is 1. The van der Waals surface area contributed by atoms with Crippen LogP contribution >= 0.6 is 0 Å². The van der Waals surface area contributed by atoms with Gasteiger partial charge in [-0.3, -0.25) is 4.79 Å². The second-order valence-corrected chi connectivity index (χ2v) is 4.30. The smallest absolute Gasteiger partial charge is 0.331 e. The van der Waals surface area contributed by atoms with Crippen LogP contribution in [0.1, 0.15) is 19.4 Å². The number of ether oxygens (including phenoxy) is 2. The lowest BCUT2D eigenvalue weighted by Gasteiger charge is -2.06. The van der Waals surface area contributed by atoms with Gasteiger partial charge in [0.05, 0.1) is 6.61 Å². The first-order valence-corrected chi connectivity index (χ1v) is 6.95. The molecule has 1 rings (SSSR count). The Morgan fingerprint density at radius 2 is 1.77 bits per heavy atom. The van der Waals surface area contributed by atoms with Crippen molar-refractivity contribution < 1.29 is 23.9 Å². The second kappa shape index (κ2) is 9.33.